The molecule has 2 rings (SSSR count). The number of carbonyl (C=O) groups is 2. The lowest BCUT2D eigenvalue weighted by molar-refractivity contribution is -0.175. The van der Waals surface area contributed by atoms with Crippen LogP contribution in [-0.4, -0.2) is 34.2 Å². The lowest BCUT2D eigenvalue weighted by Gasteiger charge is -2.16. The van der Waals surface area contributed by atoms with Crippen LogP contribution in [0.3, 0.4) is 0 Å². The number of fused-ring (bicyclic) bond motifs is 1. The first-order valence-corrected chi connectivity index (χ1v) is 6.63. The summed E-state index contributed by atoms with van der Waals surface area (Å²) >= 11 is 0. The molecule has 0 aliphatic heterocycles. The number of aromatic nitrogens is 1. The molecule has 1 amide bonds. The quantitative estimate of drug-likeness (QED) is 0.903. The van der Waals surface area contributed by atoms with Crippen molar-refractivity contribution in [3.05, 3.63) is 41.6 Å². The Kier molecular flexibility index (Phi) is 4.53. The van der Waals surface area contributed by atoms with E-state index in [2.05, 4.69) is 4.98 Å². The van der Waals surface area contributed by atoms with Crippen LogP contribution >= 0.6 is 0 Å². The molecule has 23 heavy (non-hydrogen) atoms. The molecule has 0 saturated heterocycles. The molecule has 8 heteroatoms. The smallest absolute Gasteiger partial charge is 0.471 e. The molecule has 2 N–H and O–H groups in total. The van der Waals surface area contributed by atoms with Gasteiger partial charge in [-0.15, -0.1) is 0 Å². The predicted octanol–water partition coefficient (Wildman–Crippen LogP) is 2.22. The van der Waals surface area contributed by atoms with Gasteiger partial charge in [0.1, 0.15) is 6.04 Å². The highest BCUT2D eigenvalue weighted by Gasteiger charge is 2.40. The first kappa shape index (κ1) is 16.7. The van der Waals surface area contributed by atoms with E-state index in [1.165, 1.54) is 5.32 Å². The maximum absolute atomic E-state index is 12.2. The number of alkyl halides is 3. The van der Waals surface area contributed by atoms with Crippen molar-refractivity contribution >= 4 is 22.8 Å². The molecule has 0 unspecified atom stereocenters. The average Bonchev–Trinajstić information content (AvgIpc) is 2.45. The Labute approximate surface area is 129 Å². The highest BCUT2D eigenvalue weighted by molar-refractivity contribution is 5.87. The second-order valence-corrected chi connectivity index (χ2v) is 5.05. The highest BCUT2D eigenvalue weighted by atomic mass is 19.4. The molecule has 5 nitrogen and oxygen atoms in total. The van der Waals surface area contributed by atoms with Crippen molar-refractivity contribution in [1.29, 1.82) is 0 Å². The third-order valence-electron chi connectivity index (χ3n) is 3.19. The molecule has 0 aliphatic carbocycles. The molecular formula is C15H13F3N2O3. The molecule has 0 bridgehead atoms. The van der Waals surface area contributed by atoms with Crippen LogP contribution in [0.5, 0.6) is 0 Å². The van der Waals surface area contributed by atoms with Gasteiger partial charge in [0.05, 0.1) is 5.52 Å². The second-order valence-electron chi connectivity index (χ2n) is 5.05. The van der Waals surface area contributed by atoms with Crippen LogP contribution in [0.25, 0.3) is 10.9 Å². The van der Waals surface area contributed by atoms with Gasteiger partial charge in [-0.25, -0.2) is 4.79 Å². The minimum absolute atomic E-state index is 0.263. The highest BCUT2D eigenvalue weighted by Crippen LogP contribution is 2.18. The topological polar surface area (TPSA) is 79.3 Å². The van der Waals surface area contributed by atoms with Crippen LogP contribution in [-0.2, 0) is 16.0 Å². The third kappa shape index (κ3) is 4.18. The van der Waals surface area contributed by atoms with Gasteiger partial charge in [-0.05, 0) is 30.7 Å². The molecule has 0 aliphatic rings. The number of carbonyl (C=O) groups excluding carboxylic acids is 1. The zero-order valence-corrected chi connectivity index (χ0v) is 12.0. The van der Waals surface area contributed by atoms with Gasteiger partial charge in [-0.2, -0.15) is 13.2 Å². The van der Waals surface area contributed by atoms with Crippen molar-refractivity contribution in [1.82, 2.24) is 10.3 Å². The van der Waals surface area contributed by atoms with E-state index in [1.54, 1.807) is 30.3 Å². The van der Waals surface area contributed by atoms with Crippen molar-refractivity contribution in [3.8, 4) is 0 Å². The second kappa shape index (κ2) is 6.23. The first-order chi connectivity index (χ1) is 10.7. The van der Waals surface area contributed by atoms with Gasteiger partial charge in [-0.1, -0.05) is 12.1 Å². The van der Waals surface area contributed by atoms with Crippen LogP contribution in [0, 0.1) is 6.92 Å². The van der Waals surface area contributed by atoms with Crippen LogP contribution in [0.15, 0.2) is 30.3 Å². The Balaban J connectivity index is 2.21. The van der Waals surface area contributed by atoms with E-state index < -0.39 is 24.1 Å². The zero-order chi connectivity index (χ0) is 17.2. The Morgan fingerprint density at radius 3 is 2.57 bits per heavy atom. The number of aryl methyl sites for hydroxylation is 1. The SMILES string of the molecule is Cc1ccc2cc(C[C@H](NC(=O)C(F)(F)F)C(=O)O)ccc2n1. The summed E-state index contributed by atoms with van der Waals surface area (Å²) in [6, 6.07) is 6.75. The van der Waals surface area contributed by atoms with Gasteiger partial charge < -0.3 is 10.4 Å². The summed E-state index contributed by atoms with van der Waals surface area (Å²) in [6.45, 7) is 1.82. The predicted molar refractivity (Wildman–Crippen MR) is 75.8 cm³/mol. The van der Waals surface area contributed by atoms with Gasteiger partial charge in [-0.3, -0.25) is 9.78 Å². The molecule has 1 aromatic heterocycles. The summed E-state index contributed by atoms with van der Waals surface area (Å²) in [6.07, 6.45) is -5.39. The van der Waals surface area contributed by atoms with Crippen LogP contribution in [0.1, 0.15) is 11.3 Å². The van der Waals surface area contributed by atoms with Crippen molar-refractivity contribution in [2.45, 2.75) is 25.6 Å². The number of halogens is 3. The number of hydrogen-bond donors (Lipinski definition) is 2. The number of benzene rings is 1. The maximum atomic E-state index is 12.2. The van der Waals surface area contributed by atoms with E-state index in [4.69, 9.17) is 5.11 Å². The monoisotopic (exact) mass is 326 g/mol. The number of rotatable bonds is 4. The molecule has 122 valence electrons. The molecule has 0 spiro atoms. The van der Waals surface area contributed by atoms with Gasteiger partial charge in [0.2, 0.25) is 0 Å². The summed E-state index contributed by atoms with van der Waals surface area (Å²) in [5.41, 5.74) is 1.99. The molecular weight excluding hydrogens is 313 g/mol. The summed E-state index contributed by atoms with van der Waals surface area (Å²) in [4.78, 5) is 26.3. The van der Waals surface area contributed by atoms with Crippen LogP contribution < -0.4 is 5.32 Å². The van der Waals surface area contributed by atoms with Gasteiger partial charge in [0.15, 0.2) is 0 Å². The molecule has 1 heterocycles. The Morgan fingerprint density at radius 2 is 1.96 bits per heavy atom. The fourth-order valence-corrected chi connectivity index (χ4v) is 2.08. The standard InChI is InChI=1S/C15H13F3N2O3/c1-8-2-4-10-6-9(3-5-11(10)19-8)7-12(13(21)22)20-14(23)15(16,17)18/h2-6,12H,7H2,1H3,(H,20,23)(H,21,22)/t12-/m0/s1. The minimum Gasteiger partial charge on any atom is -0.480 e. The van der Waals surface area contributed by atoms with Crippen molar-refractivity contribution in [2.24, 2.45) is 0 Å². The number of carboxylic acid groups (broad SMARTS) is 1. The van der Waals surface area contributed by atoms with Gasteiger partial charge in [0, 0.05) is 17.5 Å². The molecule has 1 atom stereocenters. The summed E-state index contributed by atoms with van der Waals surface area (Å²) in [5, 5.41) is 11.2. The van der Waals surface area contributed by atoms with E-state index in [0.29, 0.717) is 11.1 Å². The van der Waals surface area contributed by atoms with E-state index in [0.717, 1.165) is 11.1 Å². The average molecular weight is 326 g/mol. The molecule has 1 aromatic carbocycles. The number of amides is 1. The number of nitrogens with zero attached hydrogens (tertiary/aromatic N) is 1. The number of carboxylic acids is 1. The van der Waals surface area contributed by atoms with Crippen molar-refractivity contribution < 1.29 is 27.9 Å². The first-order valence-electron chi connectivity index (χ1n) is 6.63. The van der Waals surface area contributed by atoms with Crippen LogP contribution in [0.4, 0.5) is 13.2 Å². The lowest BCUT2D eigenvalue weighted by Crippen LogP contribution is -2.47. The third-order valence-corrected chi connectivity index (χ3v) is 3.19. The fraction of sp³-hybridized carbons (Fsp3) is 0.267. The van der Waals surface area contributed by atoms with E-state index >= 15 is 0 Å². The molecule has 2 aromatic rings. The molecule has 0 radical (unpaired) electrons. The summed E-state index contributed by atoms with van der Waals surface area (Å²) < 4.78 is 36.7. The summed E-state index contributed by atoms with van der Waals surface area (Å²) in [7, 11) is 0. The normalized spacial score (nSPS) is 12.9. The van der Waals surface area contributed by atoms with Gasteiger partial charge in [0.25, 0.3) is 0 Å². The molecule has 0 fully saturated rings. The summed E-state index contributed by atoms with van der Waals surface area (Å²) in [5.74, 6) is -3.81. The number of aliphatic carboxylic acids is 1. The Hall–Kier alpha value is -2.64. The van der Waals surface area contributed by atoms with E-state index in [1.807, 2.05) is 6.92 Å². The minimum atomic E-state index is -5.13. The number of pyridine rings is 1. The number of nitrogens with one attached hydrogen (secondary N) is 1. The molecule has 0 saturated carbocycles. The zero-order valence-electron chi connectivity index (χ0n) is 12.0. The lowest BCUT2D eigenvalue weighted by atomic mass is 10.0. The largest absolute Gasteiger partial charge is 0.480 e. The van der Waals surface area contributed by atoms with Crippen molar-refractivity contribution in [2.75, 3.05) is 0 Å². The van der Waals surface area contributed by atoms with Gasteiger partial charge >= 0.3 is 18.1 Å². The van der Waals surface area contributed by atoms with Crippen molar-refractivity contribution in [3.63, 3.8) is 0 Å². The maximum Gasteiger partial charge on any atom is 0.471 e. The Morgan fingerprint density at radius 1 is 1.26 bits per heavy atom. The van der Waals surface area contributed by atoms with E-state index in [9.17, 15) is 22.8 Å². The van der Waals surface area contributed by atoms with Crippen LogP contribution in [0.2, 0.25) is 0 Å². The Bertz CT molecular complexity index is 759. The number of hydrogen-bond acceptors (Lipinski definition) is 3. The van der Waals surface area contributed by atoms with E-state index in [-0.39, 0.29) is 6.42 Å². The fourth-order valence-electron chi connectivity index (χ4n) is 2.08.